The minimum Gasteiger partial charge on any atom is -0.305 e. The van der Waals surface area contributed by atoms with Crippen LogP contribution >= 0.6 is 11.6 Å². The van der Waals surface area contributed by atoms with Gasteiger partial charge in [0.15, 0.2) is 5.41 Å². The normalized spacial score (nSPS) is 27.4. The van der Waals surface area contributed by atoms with Crippen molar-refractivity contribution in [1.82, 2.24) is 4.90 Å². The average Bonchev–Trinajstić information content (AvgIpc) is 2.66. The Bertz CT molecular complexity index is 884. The molecule has 1 aliphatic heterocycles. The van der Waals surface area contributed by atoms with Crippen molar-refractivity contribution in [1.29, 1.82) is 21.2 Å². The van der Waals surface area contributed by atoms with E-state index in [1.165, 1.54) is 0 Å². The Morgan fingerprint density at radius 3 is 2.62 bits per heavy atom. The van der Waals surface area contributed by atoms with Gasteiger partial charge in [-0.15, -0.1) is 0 Å². The number of hydrogen-bond acceptors (Lipinski definition) is 5. The lowest BCUT2D eigenvalue weighted by Gasteiger charge is -2.47. The van der Waals surface area contributed by atoms with Gasteiger partial charge >= 0.3 is 0 Å². The number of nitrogens with zero attached hydrogens (tertiary/aromatic N) is 4. The zero-order valence-electron chi connectivity index (χ0n) is 14.4. The van der Waals surface area contributed by atoms with Crippen LogP contribution in [0.5, 0.6) is 0 Å². The van der Waals surface area contributed by atoms with E-state index in [9.17, 15) is 15.8 Å². The minimum atomic E-state index is -1.68. The van der Waals surface area contributed by atoms with E-state index in [2.05, 4.69) is 30.0 Å². The molecular weight excluding hydrogens is 346 g/mol. The van der Waals surface area contributed by atoms with Crippen molar-refractivity contribution in [2.45, 2.75) is 12.8 Å². The molecule has 1 aromatic carbocycles. The lowest BCUT2D eigenvalue weighted by Crippen LogP contribution is -2.52. The third kappa shape index (κ3) is 2.60. The molecule has 0 amide bonds. The molecule has 0 radical (unpaired) electrons. The third-order valence-electron chi connectivity index (χ3n) is 5.52. The van der Waals surface area contributed by atoms with Crippen LogP contribution < -0.4 is 0 Å². The molecule has 130 valence electrons. The first-order valence-electron chi connectivity index (χ1n) is 8.51. The molecule has 1 N–H and O–H groups in total. The van der Waals surface area contributed by atoms with Crippen molar-refractivity contribution < 1.29 is 0 Å². The number of benzene rings is 1. The van der Waals surface area contributed by atoms with Crippen LogP contribution in [-0.2, 0) is 0 Å². The van der Waals surface area contributed by atoms with E-state index in [0.29, 0.717) is 18.1 Å². The standard InChI is InChI=1S/C20H18ClN5/c1-2-26-7-6-15-16(9-22)19(25)20(11-23,12-24)18(17(15)10-26)13-4-3-5-14(21)8-13/h3-6,8,16-18,25H,2,7,10H2,1H3/t16?,17-,18-/m0/s1. The topological polar surface area (TPSA) is 98.5 Å². The number of likely N-dealkylation sites (N-methyl/N-ethyl adjacent to an activating group) is 1. The molecule has 3 atom stereocenters. The van der Waals surface area contributed by atoms with Gasteiger partial charge < -0.3 is 5.41 Å². The molecule has 0 saturated heterocycles. The SMILES string of the molecule is CCN1CC=C2C(C#N)C(=N)C(C#N)(C#N)[C@@H](c3cccc(Cl)c3)[C@H]2C1. The maximum absolute atomic E-state index is 9.95. The highest BCUT2D eigenvalue weighted by molar-refractivity contribution is 6.30. The van der Waals surface area contributed by atoms with Crippen LogP contribution in [0.4, 0.5) is 0 Å². The number of rotatable bonds is 2. The summed E-state index contributed by atoms with van der Waals surface area (Å²) in [6.45, 7) is 4.25. The number of fused-ring (bicyclic) bond motifs is 1. The summed E-state index contributed by atoms with van der Waals surface area (Å²) in [5.74, 6) is -1.54. The molecule has 0 bridgehead atoms. The van der Waals surface area contributed by atoms with Gasteiger partial charge in [0.25, 0.3) is 0 Å². The summed E-state index contributed by atoms with van der Waals surface area (Å²) in [7, 11) is 0. The molecule has 6 heteroatoms. The Hall–Kier alpha value is -2.65. The van der Waals surface area contributed by atoms with Crippen LogP contribution in [-0.4, -0.2) is 30.2 Å². The summed E-state index contributed by atoms with van der Waals surface area (Å²) >= 11 is 6.17. The summed E-state index contributed by atoms with van der Waals surface area (Å²) in [5.41, 5.74) is -0.185. The van der Waals surface area contributed by atoms with E-state index >= 15 is 0 Å². The second-order valence-corrected chi connectivity index (χ2v) is 7.14. The highest BCUT2D eigenvalue weighted by Gasteiger charge is 2.57. The fourth-order valence-electron chi connectivity index (χ4n) is 4.20. The molecule has 3 rings (SSSR count). The zero-order valence-corrected chi connectivity index (χ0v) is 15.2. The molecule has 0 aromatic heterocycles. The highest BCUT2D eigenvalue weighted by atomic mass is 35.5. The Morgan fingerprint density at radius 2 is 2.04 bits per heavy atom. The lowest BCUT2D eigenvalue weighted by atomic mass is 9.54. The Kier molecular flexibility index (Phi) is 4.84. The summed E-state index contributed by atoms with van der Waals surface area (Å²) < 4.78 is 0. The minimum absolute atomic E-state index is 0.123. The quantitative estimate of drug-likeness (QED) is 0.812. The molecule has 26 heavy (non-hydrogen) atoms. The van der Waals surface area contributed by atoms with Crippen molar-refractivity contribution in [3.8, 4) is 18.2 Å². The molecule has 5 nitrogen and oxygen atoms in total. The molecule has 0 spiro atoms. The van der Waals surface area contributed by atoms with E-state index in [4.69, 9.17) is 17.0 Å². The summed E-state index contributed by atoms with van der Waals surface area (Å²) in [5, 5.41) is 38.6. The number of nitrogens with one attached hydrogen (secondary N) is 1. The lowest BCUT2D eigenvalue weighted by molar-refractivity contribution is 0.212. The fraction of sp³-hybridized carbons (Fsp3) is 0.400. The van der Waals surface area contributed by atoms with Crippen LogP contribution in [0.3, 0.4) is 0 Å². The zero-order chi connectivity index (χ0) is 18.9. The maximum Gasteiger partial charge on any atom is 0.189 e. The summed E-state index contributed by atoms with van der Waals surface area (Å²) in [6, 6.07) is 13.5. The van der Waals surface area contributed by atoms with Crippen LogP contribution in [0.25, 0.3) is 0 Å². The predicted molar refractivity (Wildman–Crippen MR) is 98.4 cm³/mol. The smallest absolute Gasteiger partial charge is 0.189 e. The van der Waals surface area contributed by atoms with Crippen molar-refractivity contribution in [3.05, 3.63) is 46.5 Å². The van der Waals surface area contributed by atoms with Crippen molar-refractivity contribution in [3.63, 3.8) is 0 Å². The van der Waals surface area contributed by atoms with Gasteiger partial charge in [0.1, 0.15) is 5.92 Å². The Labute approximate surface area is 158 Å². The van der Waals surface area contributed by atoms with Crippen LogP contribution in [0.15, 0.2) is 35.9 Å². The first kappa shape index (κ1) is 18.2. The van der Waals surface area contributed by atoms with Gasteiger partial charge in [0.2, 0.25) is 0 Å². The Morgan fingerprint density at radius 1 is 1.31 bits per heavy atom. The Balaban J connectivity index is 2.26. The van der Waals surface area contributed by atoms with E-state index in [0.717, 1.165) is 17.7 Å². The van der Waals surface area contributed by atoms with Gasteiger partial charge in [-0.05, 0) is 29.8 Å². The second-order valence-electron chi connectivity index (χ2n) is 6.70. The third-order valence-corrected chi connectivity index (χ3v) is 5.76. The molecule has 1 heterocycles. The van der Waals surface area contributed by atoms with Crippen LogP contribution in [0.1, 0.15) is 18.4 Å². The van der Waals surface area contributed by atoms with Crippen LogP contribution in [0, 0.1) is 56.7 Å². The van der Waals surface area contributed by atoms with E-state index in [1.807, 2.05) is 12.1 Å². The van der Waals surface area contributed by atoms with Crippen molar-refractivity contribution in [2.75, 3.05) is 19.6 Å². The molecule has 1 fully saturated rings. The summed E-state index contributed by atoms with van der Waals surface area (Å²) in [6.07, 6.45) is 2.00. The molecular formula is C20H18ClN5. The molecule has 1 unspecified atom stereocenters. The fourth-order valence-corrected chi connectivity index (χ4v) is 4.40. The van der Waals surface area contributed by atoms with Gasteiger partial charge in [-0.25, -0.2) is 0 Å². The molecule has 1 saturated carbocycles. The van der Waals surface area contributed by atoms with Gasteiger partial charge in [-0.3, -0.25) is 4.90 Å². The van der Waals surface area contributed by atoms with Crippen molar-refractivity contribution >= 4 is 17.3 Å². The van der Waals surface area contributed by atoms with Gasteiger partial charge in [0.05, 0.1) is 23.9 Å². The average molecular weight is 364 g/mol. The van der Waals surface area contributed by atoms with Crippen LogP contribution in [0.2, 0.25) is 5.02 Å². The predicted octanol–water partition coefficient (Wildman–Crippen LogP) is 3.51. The molecule has 2 aliphatic rings. The number of nitriles is 3. The maximum atomic E-state index is 9.95. The first-order valence-corrected chi connectivity index (χ1v) is 8.89. The largest absolute Gasteiger partial charge is 0.305 e. The van der Waals surface area contributed by atoms with Crippen molar-refractivity contribution in [2.24, 2.45) is 17.3 Å². The summed E-state index contributed by atoms with van der Waals surface area (Å²) in [4.78, 5) is 2.22. The van der Waals surface area contributed by atoms with Gasteiger partial charge in [-0.2, -0.15) is 15.8 Å². The molecule has 1 aliphatic carbocycles. The van der Waals surface area contributed by atoms with E-state index in [1.54, 1.807) is 18.2 Å². The second kappa shape index (κ2) is 6.93. The van der Waals surface area contributed by atoms with Gasteiger partial charge in [-0.1, -0.05) is 36.7 Å². The first-order chi connectivity index (χ1) is 12.5. The van der Waals surface area contributed by atoms with E-state index < -0.39 is 17.3 Å². The molecule has 1 aromatic rings. The number of hydrogen-bond donors (Lipinski definition) is 1. The highest BCUT2D eigenvalue weighted by Crippen LogP contribution is 2.53. The van der Waals surface area contributed by atoms with E-state index in [-0.39, 0.29) is 11.6 Å². The number of halogens is 1. The van der Waals surface area contributed by atoms with Gasteiger partial charge in [0, 0.05) is 29.9 Å². The monoisotopic (exact) mass is 363 g/mol.